The van der Waals surface area contributed by atoms with Crippen molar-refractivity contribution in [3.05, 3.63) is 57.6 Å². The third kappa shape index (κ3) is 4.88. The van der Waals surface area contributed by atoms with E-state index in [9.17, 15) is 4.79 Å². The lowest BCUT2D eigenvalue weighted by molar-refractivity contribution is 0.0959. The van der Waals surface area contributed by atoms with E-state index in [0.717, 1.165) is 17.7 Å². The van der Waals surface area contributed by atoms with Gasteiger partial charge in [-0.25, -0.2) is 0 Å². The number of para-hydroxylation sites is 1. The van der Waals surface area contributed by atoms with Crippen LogP contribution in [0.2, 0.25) is 10.0 Å². The maximum Gasteiger partial charge on any atom is 0.253 e. The zero-order valence-corrected chi connectivity index (χ0v) is 16.6. The van der Waals surface area contributed by atoms with Gasteiger partial charge in [0.25, 0.3) is 5.91 Å². The minimum Gasteiger partial charge on any atom is -0.483 e. The fraction of sp³-hybridized carbons (Fsp3) is 0.286. The van der Waals surface area contributed by atoms with Crippen LogP contribution < -0.4 is 14.8 Å². The van der Waals surface area contributed by atoms with Crippen LogP contribution in [0.4, 0.5) is 0 Å². The smallest absolute Gasteiger partial charge is 0.253 e. The molecule has 0 unspecified atom stereocenters. The van der Waals surface area contributed by atoms with Gasteiger partial charge in [-0.05, 0) is 38.1 Å². The number of amides is 1. The van der Waals surface area contributed by atoms with Gasteiger partial charge in [0.1, 0.15) is 12.2 Å². The summed E-state index contributed by atoms with van der Waals surface area (Å²) in [4.78, 5) is 12.1. The van der Waals surface area contributed by atoms with Gasteiger partial charge in [-0.15, -0.1) is 0 Å². The van der Waals surface area contributed by atoms with E-state index < -0.39 is 0 Å². The highest BCUT2D eigenvalue weighted by Crippen LogP contribution is 2.41. The molecule has 140 valence electrons. The Labute approximate surface area is 168 Å². The molecule has 0 bridgehead atoms. The van der Waals surface area contributed by atoms with Gasteiger partial charge in [0, 0.05) is 17.0 Å². The van der Waals surface area contributed by atoms with Gasteiger partial charge in [-0.1, -0.05) is 47.2 Å². The summed E-state index contributed by atoms with van der Waals surface area (Å²) in [5.74, 6) is 6.90. The highest BCUT2D eigenvalue weighted by Gasteiger charge is 2.32. The predicted molar refractivity (Wildman–Crippen MR) is 107 cm³/mol. The first-order chi connectivity index (χ1) is 12.9. The molecular formula is C21H19Cl2NO3. The lowest BCUT2D eigenvalue weighted by Gasteiger charge is -2.17. The zero-order chi connectivity index (χ0) is 19.4. The second kappa shape index (κ2) is 8.12. The molecular weight excluding hydrogens is 385 g/mol. The van der Waals surface area contributed by atoms with Crippen molar-refractivity contribution in [1.29, 1.82) is 0 Å². The average Bonchev–Trinajstić information content (AvgIpc) is 2.92. The summed E-state index contributed by atoms with van der Waals surface area (Å²) < 4.78 is 11.7. The van der Waals surface area contributed by atoms with Crippen molar-refractivity contribution in [3.63, 3.8) is 0 Å². The molecule has 1 heterocycles. The molecule has 0 saturated carbocycles. The fourth-order valence-corrected chi connectivity index (χ4v) is 3.32. The van der Waals surface area contributed by atoms with E-state index in [-0.39, 0.29) is 24.7 Å². The fourth-order valence-electron chi connectivity index (χ4n) is 2.82. The van der Waals surface area contributed by atoms with Crippen LogP contribution in [0.25, 0.3) is 0 Å². The molecule has 2 aromatic carbocycles. The Kier molecular flexibility index (Phi) is 5.84. The first-order valence-electron chi connectivity index (χ1n) is 8.48. The van der Waals surface area contributed by atoms with Crippen molar-refractivity contribution in [1.82, 2.24) is 5.32 Å². The second-order valence-electron chi connectivity index (χ2n) is 6.73. The molecule has 0 fully saturated rings. The summed E-state index contributed by atoms with van der Waals surface area (Å²) in [6.07, 6.45) is 0.852. The molecule has 0 radical (unpaired) electrons. The van der Waals surface area contributed by atoms with Gasteiger partial charge >= 0.3 is 0 Å². The summed E-state index contributed by atoms with van der Waals surface area (Å²) in [6, 6.07) is 10.6. The van der Waals surface area contributed by atoms with Gasteiger partial charge in [0.05, 0.1) is 17.1 Å². The molecule has 0 spiro atoms. The molecule has 4 nitrogen and oxygen atoms in total. The van der Waals surface area contributed by atoms with Crippen LogP contribution in [-0.2, 0) is 6.42 Å². The van der Waals surface area contributed by atoms with Crippen LogP contribution in [0, 0.1) is 11.8 Å². The van der Waals surface area contributed by atoms with Crippen molar-refractivity contribution < 1.29 is 14.3 Å². The average molecular weight is 404 g/mol. The zero-order valence-electron chi connectivity index (χ0n) is 15.1. The third-order valence-corrected chi connectivity index (χ3v) is 4.54. The molecule has 1 aliphatic heterocycles. The number of fused-ring (bicyclic) bond motifs is 1. The number of carbonyl (C=O) groups excluding carboxylic acids is 1. The number of carbonyl (C=O) groups is 1. The lowest BCUT2D eigenvalue weighted by atomic mass is 10.0. The molecule has 27 heavy (non-hydrogen) atoms. The van der Waals surface area contributed by atoms with E-state index in [1.807, 2.05) is 32.0 Å². The molecule has 0 saturated heterocycles. The summed E-state index contributed by atoms with van der Waals surface area (Å²) in [5.41, 5.74) is 1.28. The Bertz CT molecular complexity index is 929. The third-order valence-electron chi connectivity index (χ3n) is 3.99. The molecule has 0 atom stereocenters. The van der Waals surface area contributed by atoms with E-state index in [1.165, 1.54) is 6.07 Å². The minimum absolute atomic E-state index is 0.192. The number of benzene rings is 2. The number of nitrogens with one attached hydrogen (secondary N) is 1. The van der Waals surface area contributed by atoms with Gasteiger partial charge in [-0.3, -0.25) is 4.79 Å². The van der Waals surface area contributed by atoms with Crippen molar-refractivity contribution >= 4 is 29.1 Å². The quantitative estimate of drug-likeness (QED) is 0.763. The molecule has 1 N–H and O–H groups in total. The summed E-state index contributed by atoms with van der Waals surface area (Å²) in [5, 5.41) is 3.47. The Morgan fingerprint density at radius 3 is 2.85 bits per heavy atom. The van der Waals surface area contributed by atoms with E-state index in [4.69, 9.17) is 32.7 Å². The Balaban J connectivity index is 1.50. The predicted octanol–water partition coefficient (Wildman–Crippen LogP) is 4.52. The maximum absolute atomic E-state index is 12.1. The summed E-state index contributed by atoms with van der Waals surface area (Å²) in [7, 11) is 0. The lowest BCUT2D eigenvalue weighted by Crippen LogP contribution is -2.24. The Morgan fingerprint density at radius 1 is 1.26 bits per heavy atom. The number of rotatable bonds is 4. The minimum atomic E-state index is -0.302. The number of hydrogen-bond donors (Lipinski definition) is 1. The molecule has 0 aliphatic carbocycles. The first kappa shape index (κ1) is 19.4. The normalized spacial score (nSPS) is 13.8. The van der Waals surface area contributed by atoms with E-state index in [0.29, 0.717) is 21.4 Å². The molecule has 3 rings (SSSR count). The van der Waals surface area contributed by atoms with E-state index >= 15 is 0 Å². The van der Waals surface area contributed by atoms with Crippen molar-refractivity contribution in [2.45, 2.75) is 25.9 Å². The van der Waals surface area contributed by atoms with E-state index in [1.54, 1.807) is 12.1 Å². The van der Waals surface area contributed by atoms with E-state index in [2.05, 4.69) is 17.2 Å². The maximum atomic E-state index is 12.1. The number of halogens is 2. The highest BCUT2D eigenvalue weighted by molar-refractivity contribution is 6.36. The number of ether oxygens (including phenoxy) is 2. The topological polar surface area (TPSA) is 47.6 Å². The van der Waals surface area contributed by atoms with Gasteiger partial charge in [-0.2, -0.15) is 0 Å². The highest BCUT2D eigenvalue weighted by atomic mass is 35.5. The monoisotopic (exact) mass is 403 g/mol. The van der Waals surface area contributed by atoms with Crippen LogP contribution in [0.5, 0.6) is 11.5 Å². The van der Waals surface area contributed by atoms with Crippen LogP contribution in [0.15, 0.2) is 36.4 Å². The van der Waals surface area contributed by atoms with Crippen LogP contribution >= 0.6 is 23.2 Å². The van der Waals surface area contributed by atoms with Crippen LogP contribution in [0.1, 0.15) is 29.8 Å². The Hall–Kier alpha value is -2.35. The summed E-state index contributed by atoms with van der Waals surface area (Å²) in [6.45, 7) is 4.49. The number of hydrogen-bond acceptors (Lipinski definition) is 3. The summed E-state index contributed by atoms with van der Waals surface area (Å²) >= 11 is 11.8. The van der Waals surface area contributed by atoms with Gasteiger partial charge in [0.2, 0.25) is 0 Å². The van der Waals surface area contributed by atoms with Gasteiger partial charge in [0.15, 0.2) is 11.5 Å². The largest absolute Gasteiger partial charge is 0.483 e. The van der Waals surface area contributed by atoms with Crippen molar-refractivity contribution in [3.8, 4) is 23.3 Å². The molecule has 1 aliphatic rings. The SMILES string of the molecule is CC1(C)Cc2cccc(OCC#CCNC(=O)c3ccc(Cl)cc3Cl)c2O1. The molecule has 6 heteroatoms. The van der Waals surface area contributed by atoms with Crippen molar-refractivity contribution in [2.24, 2.45) is 0 Å². The molecule has 2 aromatic rings. The molecule has 1 amide bonds. The standard InChI is InChI=1S/C21H19Cl2NO3/c1-21(2)13-14-6-5-7-18(19(14)27-21)26-11-4-3-10-24-20(25)16-9-8-15(22)12-17(16)23/h5-9,12H,10-11,13H2,1-2H3,(H,24,25). The van der Waals surface area contributed by atoms with Crippen molar-refractivity contribution in [2.75, 3.05) is 13.2 Å². The van der Waals surface area contributed by atoms with Crippen LogP contribution in [-0.4, -0.2) is 24.7 Å². The first-order valence-corrected chi connectivity index (χ1v) is 9.24. The molecule has 0 aromatic heterocycles. The Morgan fingerprint density at radius 2 is 2.07 bits per heavy atom. The van der Waals surface area contributed by atoms with Crippen LogP contribution in [0.3, 0.4) is 0 Å². The second-order valence-corrected chi connectivity index (χ2v) is 7.58. The van der Waals surface area contributed by atoms with Gasteiger partial charge < -0.3 is 14.8 Å².